The van der Waals surface area contributed by atoms with Crippen molar-refractivity contribution < 1.29 is 0 Å². The molecule has 74 valence electrons. The molecule has 0 unspecified atom stereocenters. The van der Waals surface area contributed by atoms with E-state index in [4.69, 9.17) is 0 Å². The zero-order valence-corrected chi connectivity index (χ0v) is 8.51. The number of hydrogen-bond donors (Lipinski definition) is 2. The lowest BCUT2D eigenvalue weighted by atomic mass is 10.1. The molecule has 2 heteroatoms. The Morgan fingerprint density at radius 3 is 2.86 bits per heavy atom. The normalized spacial score (nSPS) is 16.1. The first-order valence-corrected chi connectivity index (χ1v) is 5.00. The summed E-state index contributed by atoms with van der Waals surface area (Å²) in [5.41, 5.74) is 3.68. The van der Waals surface area contributed by atoms with E-state index in [1.54, 1.807) is 0 Å². The van der Waals surface area contributed by atoms with Crippen molar-refractivity contribution in [3.8, 4) is 0 Å². The van der Waals surface area contributed by atoms with Gasteiger partial charge in [0.25, 0.3) is 0 Å². The number of nitrogens with one attached hydrogen (secondary N) is 2. The zero-order chi connectivity index (χ0) is 9.97. The van der Waals surface area contributed by atoms with Crippen LogP contribution in [0.5, 0.6) is 0 Å². The Morgan fingerprint density at radius 2 is 2.29 bits per heavy atom. The predicted octanol–water partition coefficient (Wildman–Crippen LogP) is 2.02. The molecule has 0 radical (unpaired) electrons. The first kappa shape index (κ1) is 9.28. The third-order valence-electron chi connectivity index (χ3n) is 2.65. The van der Waals surface area contributed by atoms with E-state index < -0.39 is 0 Å². The Bertz CT molecular complexity index is 340. The van der Waals surface area contributed by atoms with E-state index in [9.17, 15) is 0 Å². The van der Waals surface area contributed by atoms with Crippen molar-refractivity contribution in [2.45, 2.75) is 13.0 Å². The van der Waals surface area contributed by atoms with Gasteiger partial charge in [-0.3, -0.25) is 0 Å². The van der Waals surface area contributed by atoms with Crippen molar-refractivity contribution in [1.82, 2.24) is 5.32 Å². The van der Waals surface area contributed by atoms with Crippen molar-refractivity contribution in [2.24, 2.45) is 0 Å². The molecule has 2 nitrogen and oxygen atoms in total. The molecule has 1 aromatic rings. The molecule has 2 N–H and O–H groups in total. The average Bonchev–Trinajstić information content (AvgIpc) is 2.14. The number of benzene rings is 1. The van der Waals surface area contributed by atoms with Gasteiger partial charge < -0.3 is 10.6 Å². The average molecular weight is 188 g/mol. The van der Waals surface area contributed by atoms with Crippen LogP contribution in [0.2, 0.25) is 0 Å². The van der Waals surface area contributed by atoms with Gasteiger partial charge in [-0.15, -0.1) is 0 Å². The van der Waals surface area contributed by atoms with E-state index >= 15 is 0 Å². The van der Waals surface area contributed by atoms with Crippen LogP contribution in [0.4, 0.5) is 5.69 Å². The minimum Gasteiger partial charge on any atom is -0.380 e. The number of anilines is 1. The minimum atomic E-state index is 0.593. The zero-order valence-electron chi connectivity index (χ0n) is 8.51. The molecule has 0 atom stereocenters. The highest BCUT2D eigenvalue weighted by atomic mass is 15.1. The van der Waals surface area contributed by atoms with Crippen LogP contribution in [0.1, 0.15) is 11.1 Å². The lowest BCUT2D eigenvalue weighted by Gasteiger charge is -2.29. The largest absolute Gasteiger partial charge is 0.380 e. The SMILES string of the molecule is C=Cc1cc(NC2CNC2)ccc1C. The van der Waals surface area contributed by atoms with Gasteiger partial charge in [0.2, 0.25) is 0 Å². The number of rotatable bonds is 3. The third-order valence-corrected chi connectivity index (χ3v) is 2.65. The summed E-state index contributed by atoms with van der Waals surface area (Å²) in [4.78, 5) is 0. The Morgan fingerprint density at radius 1 is 1.50 bits per heavy atom. The monoisotopic (exact) mass is 188 g/mol. The van der Waals surface area contributed by atoms with Crippen LogP contribution in [0.3, 0.4) is 0 Å². The summed E-state index contributed by atoms with van der Waals surface area (Å²) in [6, 6.07) is 7.00. The smallest absolute Gasteiger partial charge is 0.0510 e. The van der Waals surface area contributed by atoms with Crippen molar-refractivity contribution >= 4 is 11.8 Å². The van der Waals surface area contributed by atoms with Crippen molar-refractivity contribution in [2.75, 3.05) is 18.4 Å². The summed E-state index contributed by atoms with van der Waals surface area (Å²) >= 11 is 0. The van der Waals surface area contributed by atoms with E-state index in [2.05, 4.69) is 42.3 Å². The third kappa shape index (κ3) is 1.80. The van der Waals surface area contributed by atoms with Crippen molar-refractivity contribution in [3.63, 3.8) is 0 Å². The van der Waals surface area contributed by atoms with Crippen LogP contribution in [-0.2, 0) is 0 Å². The Hall–Kier alpha value is -1.28. The van der Waals surface area contributed by atoms with Gasteiger partial charge in [0.05, 0.1) is 6.04 Å². The Kier molecular flexibility index (Phi) is 2.55. The molecule has 0 amide bonds. The molecule has 1 aromatic carbocycles. The maximum absolute atomic E-state index is 3.81. The maximum Gasteiger partial charge on any atom is 0.0510 e. The minimum absolute atomic E-state index is 0.593. The van der Waals surface area contributed by atoms with E-state index in [-0.39, 0.29) is 0 Å². The first-order chi connectivity index (χ1) is 6.79. The van der Waals surface area contributed by atoms with Gasteiger partial charge in [0.15, 0.2) is 0 Å². The fourth-order valence-corrected chi connectivity index (χ4v) is 1.58. The molecule has 14 heavy (non-hydrogen) atoms. The molecule has 1 aliphatic heterocycles. The van der Waals surface area contributed by atoms with Gasteiger partial charge in [0, 0.05) is 18.8 Å². The fraction of sp³-hybridized carbons (Fsp3) is 0.333. The summed E-state index contributed by atoms with van der Waals surface area (Å²) in [6.07, 6.45) is 1.90. The topological polar surface area (TPSA) is 24.1 Å². The summed E-state index contributed by atoms with van der Waals surface area (Å²) in [6.45, 7) is 8.04. The van der Waals surface area contributed by atoms with E-state index in [1.165, 1.54) is 16.8 Å². The Balaban J connectivity index is 2.13. The first-order valence-electron chi connectivity index (χ1n) is 5.00. The Labute approximate surface area is 85.0 Å². The van der Waals surface area contributed by atoms with Crippen LogP contribution in [0.15, 0.2) is 24.8 Å². The molecular weight excluding hydrogens is 172 g/mol. The lowest BCUT2D eigenvalue weighted by Crippen LogP contribution is -2.51. The molecule has 0 aliphatic carbocycles. The van der Waals surface area contributed by atoms with E-state index in [0.29, 0.717) is 6.04 Å². The standard InChI is InChI=1S/C12H16N2/c1-3-10-6-11(5-4-9(10)2)14-12-7-13-8-12/h3-6,12-14H,1,7-8H2,2H3. The van der Waals surface area contributed by atoms with Crippen molar-refractivity contribution in [1.29, 1.82) is 0 Å². The van der Waals surface area contributed by atoms with Gasteiger partial charge in [-0.2, -0.15) is 0 Å². The second-order valence-corrected chi connectivity index (χ2v) is 3.78. The highest BCUT2D eigenvalue weighted by Crippen LogP contribution is 2.17. The quantitative estimate of drug-likeness (QED) is 0.758. The number of hydrogen-bond acceptors (Lipinski definition) is 2. The van der Waals surface area contributed by atoms with Crippen LogP contribution >= 0.6 is 0 Å². The highest BCUT2D eigenvalue weighted by Gasteiger charge is 2.15. The fourth-order valence-electron chi connectivity index (χ4n) is 1.58. The van der Waals surface area contributed by atoms with Crippen LogP contribution in [0, 0.1) is 6.92 Å². The maximum atomic E-state index is 3.81. The molecule has 1 fully saturated rings. The molecule has 1 heterocycles. The molecular formula is C12H16N2. The molecule has 0 bridgehead atoms. The molecule has 1 saturated heterocycles. The second-order valence-electron chi connectivity index (χ2n) is 3.78. The van der Waals surface area contributed by atoms with E-state index in [0.717, 1.165) is 13.1 Å². The lowest BCUT2D eigenvalue weighted by molar-refractivity contribution is 0.472. The second kappa shape index (κ2) is 3.84. The molecule has 2 rings (SSSR count). The predicted molar refractivity (Wildman–Crippen MR) is 61.6 cm³/mol. The van der Waals surface area contributed by atoms with Crippen molar-refractivity contribution in [3.05, 3.63) is 35.9 Å². The summed E-state index contributed by atoms with van der Waals surface area (Å²) in [5, 5.41) is 6.71. The van der Waals surface area contributed by atoms with Crippen LogP contribution in [-0.4, -0.2) is 19.1 Å². The summed E-state index contributed by atoms with van der Waals surface area (Å²) < 4.78 is 0. The van der Waals surface area contributed by atoms with Gasteiger partial charge in [0.1, 0.15) is 0 Å². The summed E-state index contributed by atoms with van der Waals surface area (Å²) in [7, 11) is 0. The molecule has 0 aromatic heterocycles. The number of aryl methyl sites for hydroxylation is 1. The van der Waals surface area contributed by atoms with Gasteiger partial charge in [-0.25, -0.2) is 0 Å². The van der Waals surface area contributed by atoms with Gasteiger partial charge in [-0.05, 0) is 30.2 Å². The van der Waals surface area contributed by atoms with Gasteiger partial charge >= 0.3 is 0 Å². The molecule has 1 aliphatic rings. The molecule has 0 spiro atoms. The van der Waals surface area contributed by atoms with E-state index in [1.807, 2.05) is 6.08 Å². The van der Waals surface area contributed by atoms with Gasteiger partial charge in [-0.1, -0.05) is 18.7 Å². The van der Waals surface area contributed by atoms with Crippen LogP contribution in [0.25, 0.3) is 6.08 Å². The highest BCUT2D eigenvalue weighted by molar-refractivity contribution is 5.60. The molecule has 0 saturated carbocycles. The van der Waals surface area contributed by atoms with Crippen LogP contribution < -0.4 is 10.6 Å². The summed E-state index contributed by atoms with van der Waals surface area (Å²) in [5.74, 6) is 0.